The lowest BCUT2D eigenvalue weighted by Crippen LogP contribution is -2.04. The fraction of sp³-hybridized carbons (Fsp3) is 0. The van der Waals surface area contributed by atoms with Crippen LogP contribution in [-0.4, -0.2) is 11.4 Å². The van der Waals surface area contributed by atoms with Crippen LogP contribution in [0.3, 0.4) is 0 Å². The van der Waals surface area contributed by atoms with Gasteiger partial charge in [-0.2, -0.15) is 0 Å². The number of anilines is 1. The topological polar surface area (TPSA) is 62.0 Å². The lowest BCUT2D eigenvalue weighted by atomic mass is 10.1. The molecule has 4 heteroatoms. The Morgan fingerprint density at radius 2 is 2.14 bits per heavy atom. The van der Waals surface area contributed by atoms with Gasteiger partial charge in [0.05, 0.1) is 0 Å². The van der Waals surface area contributed by atoms with E-state index in [0.717, 1.165) is 5.39 Å². The van der Waals surface area contributed by atoms with Crippen molar-refractivity contribution in [2.75, 3.05) is 5.32 Å². The van der Waals surface area contributed by atoms with Crippen LogP contribution in [0.25, 0.3) is 10.8 Å². The number of amides is 1. The van der Waals surface area contributed by atoms with Crippen molar-refractivity contribution in [1.29, 1.82) is 0 Å². The summed E-state index contributed by atoms with van der Waals surface area (Å²) in [4.78, 5) is 24.1. The average molecular weight is 188 g/mol. The largest absolute Gasteiger partial charge is 0.329 e. The van der Waals surface area contributed by atoms with Crippen LogP contribution < -0.4 is 10.9 Å². The molecule has 0 unspecified atom stereocenters. The highest BCUT2D eigenvalue weighted by atomic mass is 16.1. The lowest BCUT2D eigenvalue weighted by molar-refractivity contribution is -0.105. The molecule has 70 valence electrons. The van der Waals surface area contributed by atoms with E-state index in [-0.39, 0.29) is 5.56 Å². The van der Waals surface area contributed by atoms with Gasteiger partial charge in [-0.05, 0) is 29.7 Å². The second kappa shape index (κ2) is 3.33. The summed E-state index contributed by atoms with van der Waals surface area (Å²) < 4.78 is 0. The van der Waals surface area contributed by atoms with Crippen molar-refractivity contribution in [2.45, 2.75) is 0 Å². The minimum atomic E-state index is -0.125. The number of hydrogen-bond acceptors (Lipinski definition) is 2. The number of hydrogen-bond donors (Lipinski definition) is 2. The molecule has 0 fully saturated rings. The molecule has 1 aromatic heterocycles. The van der Waals surface area contributed by atoms with Crippen molar-refractivity contribution >= 4 is 22.9 Å². The van der Waals surface area contributed by atoms with E-state index in [1.54, 1.807) is 30.5 Å². The molecule has 1 heterocycles. The van der Waals surface area contributed by atoms with Gasteiger partial charge in [-0.25, -0.2) is 0 Å². The minimum Gasteiger partial charge on any atom is -0.329 e. The summed E-state index contributed by atoms with van der Waals surface area (Å²) in [6.45, 7) is 0. The van der Waals surface area contributed by atoms with E-state index >= 15 is 0 Å². The van der Waals surface area contributed by atoms with Crippen molar-refractivity contribution in [3.63, 3.8) is 0 Å². The number of H-pyrrole nitrogens is 1. The third-order valence-corrected chi connectivity index (χ3v) is 2.00. The fourth-order valence-electron chi connectivity index (χ4n) is 1.35. The van der Waals surface area contributed by atoms with Crippen LogP contribution in [-0.2, 0) is 4.79 Å². The van der Waals surface area contributed by atoms with Gasteiger partial charge in [0.15, 0.2) is 0 Å². The van der Waals surface area contributed by atoms with Gasteiger partial charge >= 0.3 is 0 Å². The molecule has 2 N–H and O–H groups in total. The molecule has 0 radical (unpaired) electrons. The molecule has 0 bridgehead atoms. The quantitative estimate of drug-likeness (QED) is 0.693. The number of carbonyl (C=O) groups is 1. The van der Waals surface area contributed by atoms with Crippen molar-refractivity contribution in [2.24, 2.45) is 0 Å². The summed E-state index contributed by atoms with van der Waals surface area (Å²) in [5.74, 6) is 0. The van der Waals surface area contributed by atoms with E-state index in [9.17, 15) is 9.59 Å². The summed E-state index contributed by atoms with van der Waals surface area (Å²) >= 11 is 0. The zero-order valence-electron chi connectivity index (χ0n) is 7.28. The van der Waals surface area contributed by atoms with Crippen LogP contribution in [0, 0.1) is 0 Å². The number of benzene rings is 1. The van der Waals surface area contributed by atoms with Crippen LogP contribution in [0.5, 0.6) is 0 Å². The SMILES string of the molecule is O=CNc1ccc2c(=O)[nH]ccc2c1. The predicted molar refractivity (Wildman–Crippen MR) is 54.3 cm³/mol. The molecule has 0 saturated heterocycles. The number of pyridine rings is 1. The van der Waals surface area contributed by atoms with Crippen LogP contribution in [0.4, 0.5) is 5.69 Å². The van der Waals surface area contributed by atoms with E-state index in [2.05, 4.69) is 10.3 Å². The van der Waals surface area contributed by atoms with Gasteiger partial charge in [-0.15, -0.1) is 0 Å². The first kappa shape index (κ1) is 8.50. The van der Waals surface area contributed by atoms with Gasteiger partial charge in [-0.1, -0.05) is 0 Å². The maximum absolute atomic E-state index is 11.3. The Kier molecular flexibility index (Phi) is 2.02. The molecule has 0 aliphatic rings. The molecule has 4 nitrogen and oxygen atoms in total. The molecule has 0 atom stereocenters. The first-order valence-corrected chi connectivity index (χ1v) is 4.13. The molecule has 2 aromatic rings. The van der Waals surface area contributed by atoms with Gasteiger partial charge in [0, 0.05) is 17.3 Å². The summed E-state index contributed by atoms with van der Waals surface area (Å²) in [6.07, 6.45) is 2.18. The Balaban J connectivity index is 2.67. The maximum Gasteiger partial charge on any atom is 0.255 e. The summed E-state index contributed by atoms with van der Waals surface area (Å²) in [7, 11) is 0. The summed E-state index contributed by atoms with van der Waals surface area (Å²) in [5.41, 5.74) is 0.554. The number of rotatable bonds is 2. The second-order valence-electron chi connectivity index (χ2n) is 2.87. The highest BCUT2D eigenvalue weighted by molar-refractivity contribution is 5.86. The third kappa shape index (κ3) is 1.37. The van der Waals surface area contributed by atoms with E-state index in [4.69, 9.17) is 0 Å². The molecule has 0 spiro atoms. The molecular formula is C10H8N2O2. The highest BCUT2D eigenvalue weighted by Gasteiger charge is 1.98. The number of carbonyl (C=O) groups excluding carboxylic acids is 1. The molecule has 1 amide bonds. The summed E-state index contributed by atoms with van der Waals surface area (Å²) in [5, 5.41) is 3.95. The molecule has 0 aliphatic carbocycles. The van der Waals surface area contributed by atoms with Crippen molar-refractivity contribution in [3.05, 3.63) is 40.8 Å². The van der Waals surface area contributed by atoms with E-state index in [1.807, 2.05) is 0 Å². The van der Waals surface area contributed by atoms with Crippen LogP contribution in [0.2, 0.25) is 0 Å². The monoisotopic (exact) mass is 188 g/mol. The maximum atomic E-state index is 11.3. The molecule has 2 rings (SSSR count). The van der Waals surface area contributed by atoms with Gasteiger partial charge < -0.3 is 10.3 Å². The zero-order valence-corrected chi connectivity index (χ0v) is 7.28. The standard InChI is InChI=1S/C10H8N2O2/c13-6-12-8-1-2-9-7(5-8)3-4-11-10(9)14/h1-6H,(H,11,14)(H,12,13). The molecule has 1 aromatic carbocycles. The minimum absolute atomic E-state index is 0.125. The van der Waals surface area contributed by atoms with Crippen molar-refractivity contribution in [3.8, 4) is 0 Å². The molecular weight excluding hydrogens is 180 g/mol. The first-order valence-electron chi connectivity index (χ1n) is 4.13. The zero-order chi connectivity index (χ0) is 9.97. The van der Waals surface area contributed by atoms with Crippen LogP contribution in [0.1, 0.15) is 0 Å². The summed E-state index contributed by atoms with van der Waals surface area (Å²) in [6, 6.07) is 6.90. The van der Waals surface area contributed by atoms with Gasteiger partial charge in [0.25, 0.3) is 5.56 Å². The Bertz CT molecular complexity index is 531. The number of aromatic amines is 1. The van der Waals surface area contributed by atoms with Crippen LogP contribution in [0.15, 0.2) is 35.3 Å². The molecule has 0 saturated carbocycles. The van der Waals surface area contributed by atoms with Crippen LogP contribution >= 0.6 is 0 Å². The third-order valence-electron chi connectivity index (χ3n) is 2.00. The van der Waals surface area contributed by atoms with Crippen molar-refractivity contribution < 1.29 is 4.79 Å². The van der Waals surface area contributed by atoms with Crippen molar-refractivity contribution in [1.82, 2.24) is 4.98 Å². The van der Waals surface area contributed by atoms with Gasteiger partial charge in [0.1, 0.15) is 0 Å². The first-order chi connectivity index (χ1) is 6.81. The molecule has 14 heavy (non-hydrogen) atoms. The lowest BCUT2D eigenvalue weighted by Gasteiger charge is -2.00. The average Bonchev–Trinajstić information content (AvgIpc) is 2.18. The Hall–Kier alpha value is -2.10. The smallest absolute Gasteiger partial charge is 0.255 e. The number of nitrogens with one attached hydrogen (secondary N) is 2. The number of fused-ring (bicyclic) bond motifs is 1. The Morgan fingerprint density at radius 3 is 2.93 bits per heavy atom. The molecule has 0 aliphatic heterocycles. The second-order valence-corrected chi connectivity index (χ2v) is 2.87. The van der Waals surface area contributed by atoms with Gasteiger partial charge in [-0.3, -0.25) is 9.59 Å². The fourth-order valence-corrected chi connectivity index (χ4v) is 1.35. The highest BCUT2D eigenvalue weighted by Crippen LogP contribution is 2.14. The number of aromatic nitrogens is 1. The van der Waals surface area contributed by atoms with E-state index in [0.29, 0.717) is 17.5 Å². The Labute approximate surface area is 79.6 Å². The predicted octanol–water partition coefficient (Wildman–Crippen LogP) is 1.10. The van der Waals surface area contributed by atoms with E-state index in [1.165, 1.54) is 0 Å². The normalized spacial score (nSPS) is 10.0. The van der Waals surface area contributed by atoms with Gasteiger partial charge in [0.2, 0.25) is 6.41 Å². The Morgan fingerprint density at radius 1 is 1.29 bits per heavy atom. The van der Waals surface area contributed by atoms with E-state index < -0.39 is 0 Å².